The summed E-state index contributed by atoms with van der Waals surface area (Å²) in [4.78, 5) is 0. The first-order valence-corrected chi connectivity index (χ1v) is 15.6. The molecule has 0 fully saturated rings. The third kappa shape index (κ3) is 5.49. The van der Waals surface area contributed by atoms with Gasteiger partial charge < -0.3 is 11.1 Å². The quantitative estimate of drug-likeness (QED) is 0.190. The van der Waals surface area contributed by atoms with Gasteiger partial charge in [0.15, 0.2) is 0 Å². The predicted octanol–water partition coefficient (Wildman–Crippen LogP) is 12.0. The Morgan fingerprint density at radius 2 is 0.913 bits per heavy atom. The average molecular weight is 589 g/mol. The standard InChI is InChI=1S/C44H32N2/c45-40-25-36(23-37(26-40)35-21-20-31-12-4-5-14-33(31)22-35)34-16-8-17-41(27-34)46-42-28-38(30-10-2-1-3-11-30)24-39(29-42)44-19-9-15-32-13-6-7-18-43(32)44/h1-29,46H,45H2. The summed E-state index contributed by atoms with van der Waals surface area (Å²) in [6.07, 6.45) is 0. The third-order valence-corrected chi connectivity index (χ3v) is 8.66. The van der Waals surface area contributed by atoms with E-state index in [4.69, 9.17) is 5.73 Å². The number of hydrogen-bond donors (Lipinski definition) is 2. The highest BCUT2D eigenvalue weighted by atomic mass is 14.9. The molecule has 0 atom stereocenters. The summed E-state index contributed by atoms with van der Waals surface area (Å²) in [6, 6.07) is 62.4. The van der Waals surface area contributed by atoms with Crippen molar-refractivity contribution in [1.82, 2.24) is 0 Å². The molecule has 0 saturated heterocycles. The van der Waals surface area contributed by atoms with Crippen LogP contribution < -0.4 is 11.1 Å². The zero-order valence-electron chi connectivity index (χ0n) is 25.3. The lowest BCUT2D eigenvalue weighted by Crippen LogP contribution is -1.94. The molecule has 0 bridgehead atoms. The van der Waals surface area contributed by atoms with Crippen LogP contribution in [0, 0.1) is 0 Å². The lowest BCUT2D eigenvalue weighted by molar-refractivity contribution is 1.52. The van der Waals surface area contributed by atoms with Crippen molar-refractivity contribution in [3.05, 3.63) is 176 Å². The van der Waals surface area contributed by atoms with Crippen LogP contribution in [0.5, 0.6) is 0 Å². The van der Waals surface area contributed by atoms with Gasteiger partial charge in [-0.25, -0.2) is 0 Å². The average Bonchev–Trinajstić information content (AvgIpc) is 3.11. The second-order valence-electron chi connectivity index (χ2n) is 11.8. The van der Waals surface area contributed by atoms with Crippen LogP contribution in [0.2, 0.25) is 0 Å². The number of benzene rings is 8. The maximum atomic E-state index is 6.48. The molecule has 2 nitrogen and oxygen atoms in total. The van der Waals surface area contributed by atoms with Gasteiger partial charge in [-0.2, -0.15) is 0 Å². The molecular weight excluding hydrogens is 556 g/mol. The zero-order chi connectivity index (χ0) is 30.9. The van der Waals surface area contributed by atoms with Gasteiger partial charge in [0.1, 0.15) is 0 Å². The van der Waals surface area contributed by atoms with E-state index in [2.05, 4.69) is 181 Å². The van der Waals surface area contributed by atoms with Crippen molar-refractivity contribution < 1.29 is 0 Å². The summed E-state index contributed by atoms with van der Waals surface area (Å²) in [5, 5.41) is 8.66. The highest BCUT2D eigenvalue weighted by molar-refractivity contribution is 5.98. The molecule has 8 rings (SSSR count). The maximum Gasteiger partial charge on any atom is 0.0396 e. The van der Waals surface area contributed by atoms with Crippen LogP contribution >= 0.6 is 0 Å². The molecule has 3 N–H and O–H groups in total. The third-order valence-electron chi connectivity index (χ3n) is 8.66. The van der Waals surface area contributed by atoms with Gasteiger partial charge in [-0.05, 0) is 121 Å². The van der Waals surface area contributed by atoms with E-state index >= 15 is 0 Å². The van der Waals surface area contributed by atoms with Gasteiger partial charge in [0.05, 0.1) is 0 Å². The van der Waals surface area contributed by atoms with Gasteiger partial charge in [-0.15, -0.1) is 0 Å². The molecule has 0 amide bonds. The van der Waals surface area contributed by atoms with Crippen LogP contribution in [0.25, 0.3) is 66.1 Å². The Balaban J connectivity index is 1.18. The summed E-state index contributed by atoms with van der Waals surface area (Å²) < 4.78 is 0. The lowest BCUT2D eigenvalue weighted by atomic mass is 9.94. The largest absolute Gasteiger partial charge is 0.399 e. The molecule has 0 radical (unpaired) electrons. The Morgan fingerprint density at radius 1 is 0.326 bits per heavy atom. The second-order valence-corrected chi connectivity index (χ2v) is 11.8. The van der Waals surface area contributed by atoms with Crippen molar-refractivity contribution in [1.29, 1.82) is 0 Å². The number of nitrogens with two attached hydrogens (primary N) is 1. The van der Waals surface area contributed by atoms with Gasteiger partial charge in [-0.1, -0.05) is 121 Å². The Morgan fingerprint density at radius 3 is 1.76 bits per heavy atom. The van der Waals surface area contributed by atoms with Crippen molar-refractivity contribution in [2.75, 3.05) is 11.1 Å². The molecule has 0 spiro atoms. The molecule has 0 unspecified atom stereocenters. The van der Waals surface area contributed by atoms with Gasteiger partial charge in [-0.3, -0.25) is 0 Å². The minimum Gasteiger partial charge on any atom is -0.399 e. The fourth-order valence-electron chi connectivity index (χ4n) is 6.43. The van der Waals surface area contributed by atoms with Gasteiger partial charge >= 0.3 is 0 Å². The predicted molar refractivity (Wildman–Crippen MR) is 197 cm³/mol. The van der Waals surface area contributed by atoms with Crippen molar-refractivity contribution >= 4 is 38.6 Å². The van der Waals surface area contributed by atoms with Gasteiger partial charge in [0.25, 0.3) is 0 Å². The molecule has 0 aliphatic rings. The van der Waals surface area contributed by atoms with Crippen LogP contribution in [0.15, 0.2) is 176 Å². The van der Waals surface area contributed by atoms with Crippen molar-refractivity contribution in [2.45, 2.75) is 0 Å². The van der Waals surface area contributed by atoms with Crippen LogP contribution in [0.1, 0.15) is 0 Å². The highest BCUT2D eigenvalue weighted by Crippen LogP contribution is 2.37. The molecule has 0 heterocycles. The fourth-order valence-corrected chi connectivity index (χ4v) is 6.43. The number of fused-ring (bicyclic) bond motifs is 2. The summed E-state index contributed by atoms with van der Waals surface area (Å²) in [5.74, 6) is 0. The Kier molecular flexibility index (Phi) is 7.01. The van der Waals surface area contributed by atoms with E-state index in [1.54, 1.807) is 0 Å². The fraction of sp³-hybridized carbons (Fsp3) is 0. The molecule has 0 aliphatic heterocycles. The van der Waals surface area contributed by atoms with E-state index in [0.717, 1.165) is 39.3 Å². The number of nitrogens with one attached hydrogen (secondary N) is 1. The van der Waals surface area contributed by atoms with E-state index in [1.807, 2.05) is 0 Å². The molecular formula is C44H32N2. The lowest BCUT2D eigenvalue weighted by Gasteiger charge is -2.15. The monoisotopic (exact) mass is 588 g/mol. The highest BCUT2D eigenvalue weighted by Gasteiger charge is 2.11. The van der Waals surface area contributed by atoms with Crippen molar-refractivity contribution in [2.24, 2.45) is 0 Å². The van der Waals surface area contributed by atoms with E-state index in [9.17, 15) is 0 Å². The first kappa shape index (κ1) is 27.4. The molecule has 8 aromatic carbocycles. The van der Waals surface area contributed by atoms with Crippen molar-refractivity contribution in [3.8, 4) is 44.5 Å². The van der Waals surface area contributed by atoms with Crippen LogP contribution in [-0.4, -0.2) is 0 Å². The van der Waals surface area contributed by atoms with Crippen LogP contribution in [0.3, 0.4) is 0 Å². The molecule has 2 heteroatoms. The molecule has 0 aliphatic carbocycles. The van der Waals surface area contributed by atoms with E-state index in [-0.39, 0.29) is 0 Å². The summed E-state index contributed by atoms with van der Waals surface area (Å²) in [5.41, 5.74) is 18.5. The normalized spacial score (nSPS) is 11.1. The Bertz CT molecular complexity index is 2350. The molecule has 0 saturated carbocycles. The number of hydrogen-bond acceptors (Lipinski definition) is 2. The number of nitrogen functional groups attached to an aromatic ring is 1. The summed E-state index contributed by atoms with van der Waals surface area (Å²) >= 11 is 0. The van der Waals surface area contributed by atoms with Crippen LogP contribution in [0.4, 0.5) is 17.1 Å². The first-order valence-electron chi connectivity index (χ1n) is 15.6. The summed E-state index contributed by atoms with van der Waals surface area (Å²) in [7, 11) is 0. The number of anilines is 3. The van der Waals surface area contributed by atoms with Gasteiger partial charge in [0, 0.05) is 17.1 Å². The second kappa shape index (κ2) is 11.8. The van der Waals surface area contributed by atoms with Crippen LogP contribution in [-0.2, 0) is 0 Å². The SMILES string of the molecule is Nc1cc(-c2cccc(Nc3cc(-c4ccccc4)cc(-c4cccc5ccccc45)c3)c2)cc(-c2ccc3ccccc3c2)c1. The number of rotatable bonds is 6. The topological polar surface area (TPSA) is 38.0 Å². The molecule has 0 aromatic heterocycles. The molecule has 46 heavy (non-hydrogen) atoms. The van der Waals surface area contributed by atoms with E-state index in [1.165, 1.54) is 43.8 Å². The minimum absolute atomic E-state index is 0.745. The minimum atomic E-state index is 0.745. The van der Waals surface area contributed by atoms with Gasteiger partial charge in [0.2, 0.25) is 0 Å². The maximum absolute atomic E-state index is 6.48. The smallest absolute Gasteiger partial charge is 0.0396 e. The zero-order valence-corrected chi connectivity index (χ0v) is 25.3. The molecule has 8 aromatic rings. The van der Waals surface area contributed by atoms with E-state index < -0.39 is 0 Å². The molecule has 218 valence electrons. The Labute approximate surface area is 269 Å². The van der Waals surface area contributed by atoms with E-state index in [0.29, 0.717) is 0 Å². The Hall–Kier alpha value is -6.12. The summed E-state index contributed by atoms with van der Waals surface area (Å²) in [6.45, 7) is 0. The first-order chi connectivity index (χ1) is 22.7. The van der Waals surface area contributed by atoms with Crippen molar-refractivity contribution in [3.63, 3.8) is 0 Å².